The van der Waals surface area contributed by atoms with Gasteiger partial charge in [0.1, 0.15) is 17.9 Å². The van der Waals surface area contributed by atoms with Crippen molar-refractivity contribution in [1.29, 1.82) is 0 Å². The molecular weight excluding hydrogens is 533 g/mol. The van der Waals surface area contributed by atoms with Crippen LogP contribution in [0.2, 0.25) is 0 Å². The number of urea groups is 1. The Bertz CT molecular complexity index is 1480. The van der Waals surface area contributed by atoms with E-state index in [2.05, 4.69) is 5.32 Å². The van der Waals surface area contributed by atoms with Crippen LogP contribution in [0.25, 0.3) is 11.0 Å². The van der Waals surface area contributed by atoms with Gasteiger partial charge in [-0.1, -0.05) is 38.1 Å². The van der Waals surface area contributed by atoms with Crippen molar-refractivity contribution in [2.75, 3.05) is 13.1 Å². The summed E-state index contributed by atoms with van der Waals surface area (Å²) in [4.78, 5) is 44.2. The molecule has 0 aliphatic heterocycles. The molecule has 8 heteroatoms. The van der Waals surface area contributed by atoms with E-state index in [0.717, 1.165) is 24.8 Å². The molecule has 0 unspecified atom stereocenters. The summed E-state index contributed by atoms with van der Waals surface area (Å²) < 4.78 is 19.4. The SMILES string of the molecule is CC(C)CN(CC(=O)N(Cc1ccc(F)cc1)Cc1coc2ccccc2c1=O)C(=O)NC12CC3CC(CC(C3)C1)C2. The molecule has 0 atom stereocenters. The number of halogens is 1. The molecule has 1 aromatic heterocycles. The lowest BCUT2D eigenvalue weighted by Gasteiger charge is -2.57. The highest BCUT2D eigenvalue weighted by atomic mass is 19.1. The Balaban J connectivity index is 1.23. The maximum atomic E-state index is 14.0. The first kappa shape index (κ1) is 28.4. The largest absolute Gasteiger partial charge is 0.464 e. The summed E-state index contributed by atoms with van der Waals surface area (Å²) in [6.07, 6.45) is 8.34. The van der Waals surface area contributed by atoms with Crippen molar-refractivity contribution in [2.45, 2.75) is 71.0 Å². The Kier molecular flexibility index (Phi) is 7.81. The number of hydrogen-bond acceptors (Lipinski definition) is 4. The first-order chi connectivity index (χ1) is 20.2. The van der Waals surface area contributed by atoms with Crippen molar-refractivity contribution in [3.8, 4) is 0 Å². The van der Waals surface area contributed by atoms with Crippen molar-refractivity contribution in [3.05, 3.63) is 82.0 Å². The Morgan fingerprint density at radius 1 is 0.952 bits per heavy atom. The number of nitrogens with zero attached hydrogens (tertiary/aromatic N) is 2. The topological polar surface area (TPSA) is 82.9 Å². The van der Waals surface area contributed by atoms with Gasteiger partial charge in [-0.25, -0.2) is 9.18 Å². The average Bonchev–Trinajstić information content (AvgIpc) is 2.93. The maximum Gasteiger partial charge on any atom is 0.318 e. The van der Waals surface area contributed by atoms with Crippen molar-refractivity contribution in [2.24, 2.45) is 23.7 Å². The van der Waals surface area contributed by atoms with Gasteiger partial charge in [-0.2, -0.15) is 0 Å². The fourth-order valence-electron chi connectivity index (χ4n) is 7.97. The minimum atomic E-state index is -0.365. The summed E-state index contributed by atoms with van der Waals surface area (Å²) in [6.45, 7) is 4.56. The van der Waals surface area contributed by atoms with Gasteiger partial charge in [0, 0.05) is 18.6 Å². The zero-order valence-corrected chi connectivity index (χ0v) is 24.5. The second-order valence-corrected chi connectivity index (χ2v) is 13.4. The summed E-state index contributed by atoms with van der Waals surface area (Å²) in [5.41, 5.74) is 1.18. The molecule has 0 spiro atoms. The van der Waals surface area contributed by atoms with Crippen LogP contribution in [-0.2, 0) is 17.9 Å². The van der Waals surface area contributed by atoms with E-state index in [-0.39, 0.29) is 54.3 Å². The van der Waals surface area contributed by atoms with Crippen LogP contribution >= 0.6 is 0 Å². The fraction of sp³-hybridized carbons (Fsp3) is 0.500. The van der Waals surface area contributed by atoms with Crippen molar-refractivity contribution >= 4 is 22.9 Å². The third kappa shape index (κ3) is 6.08. The molecule has 42 heavy (non-hydrogen) atoms. The van der Waals surface area contributed by atoms with Gasteiger partial charge in [-0.3, -0.25) is 9.59 Å². The van der Waals surface area contributed by atoms with Gasteiger partial charge in [0.05, 0.1) is 23.8 Å². The smallest absolute Gasteiger partial charge is 0.318 e. The molecule has 4 saturated carbocycles. The molecule has 0 radical (unpaired) electrons. The van der Waals surface area contributed by atoms with Crippen molar-refractivity contribution < 1.29 is 18.4 Å². The van der Waals surface area contributed by atoms with Crippen LogP contribution in [0.5, 0.6) is 0 Å². The predicted octanol–water partition coefficient (Wildman–Crippen LogP) is 6.10. The molecule has 7 nitrogen and oxygen atoms in total. The predicted molar refractivity (Wildman–Crippen MR) is 159 cm³/mol. The highest BCUT2D eigenvalue weighted by molar-refractivity contribution is 5.84. The van der Waals surface area contributed by atoms with Gasteiger partial charge in [-0.15, -0.1) is 0 Å². The molecule has 1 heterocycles. The second-order valence-electron chi connectivity index (χ2n) is 13.4. The first-order valence-electron chi connectivity index (χ1n) is 15.2. The molecule has 4 aliphatic rings. The van der Waals surface area contributed by atoms with Crippen LogP contribution in [0.3, 0.4) is 0 Å². The zero-order chi connectivity index (χ0) is 29.4. The number of benzene rings is 2. The van der Waals surface area contributed by atoms with E-state index in [0.29, 0.717) is 40.8 Å². The van der Waals surface area contributed by atoms with Crippen molar-refractivity contribution in [1.82, 2.24) is 15.1 Å². The Labute approximate surface area is 246 Å². The summed E-state index contributed by atoms with van der Waals surface area (Å²) in [6, 6.07) is 12.8. The normalized spacial score (nSPS) is 24.2. The molecule has 3 aromatic rings. The zero-order valence-electron chi connectivity index (χ0n) is 24.5. The lowest BCUT2D eigenvalue weighted by molar-refractivity contribution is -0.133. The van der Waals surface area contributed by atoms with Crippen LogP contribution < -0.4 is 10.7 Å². The minimum Gasteiger partial charge on any atom is -0.464 e. The van der Waals surface area contributed by atoms with Crippen LogP contribution in [0.4, 0.5) is 9.18 Å². The third-order valence-electron chi connectivity index (χ3n) is 9.36. The average molecular weight is 574 g/mol. The van der Waals surface area contributed by atoms with Gasteiger partial charge < -0.3 is 19.5 Å². The number of hydrogen-bond donors (Lipinski definition) is 1. The number of fused-ring (bicyclic) bond motifs is 1. The molecule has 2 aromatic carbocycles. The second kappa shape index (κ2) is 11.5. The summed E-state index contributed by atoms with van der Waals surface area (Å²) in [7, 11) is 0. The quantitative estimate of drug-likeness (QED) is 0.336. The van der Waals surface area contributed by atoms with E-state index in [9.17, 15) is 18.8 Å². The lowest BCUT2D eigenvalue weighted by atomic mass is 9.53. The maximum absolute atomic E-state index is 14.0. The monoisotopic (exact) mass is 573 g/mol. The molecule has 4 aliphatic carbocycles. The molecule has 4 bridgehead atoms. The number of para-hydroxylation sites is 1. The third-order valence-corrected chi connectivity index (χ3v) is 9.36. The van der Waals surface area contributed by atoms with E-state index in [1.54, 1.807) is 46.2 Å². The standard InChI is InChI=1S/C34H40FN3O4/c1-22(2)17-38(33(41)36-34-14-24-11-25(15-34)13-26(12-24)16-34)20-31(39)37(18-23-7-9-28(35)10-8-23)19-27-21-42-30-6-4-3-5-29(30)32(27)40/h3-10,21-22,24-26H,11-20H2,1-2H3,(H,36,41). The number of rotatable bonds is 9. The molecule has 7 rings (SSSR count). The highest BCUT2D eigenvalue weighted by Crippen LogP contribution is 2.55. The van der Waals surface area contributed by atoms with E-state index < -0.39 is 0 Å². The molecule has 0 saturated heterocycles. The number of carbonyl (C=O) groups is 2. The number of nitrogens with one attached hydrogen (secondary N) is 1. The molecule has 222 valence electrons. The van der Waals surface area contributed by atoms with Gasteiger partial charge in [-0.05, 0) is 92.0 Å². The van der Waals surface area contributed by atoms with Crippen LogP contribution in [-0.4, -0.2) is 40.4 Å². The van der Waals surface area contributed by atoms with Gasteiger partial charge in [0.25, 0.3) is 0 Å². The van der Waals surface area contributed by atoms with E-state index in [1.807, 2.05) is 13.8 Å². The van der Waals surface area contributed by atoms with Crippen molar-refractivity contribution in [3.63, 3.8) is 0 Å². The summed E-state index contributed by atoms with van der Waals surface area (Å²) in [5.74, 6) is 1.59. The summed E-state index contributed by atoms with van der Waals surface area (Å²) in [5, 5.41) is 3.86. The Morgan fingerprint density at radius 3 is 2.24 bits per heavy atom. The fourth-order valence-corrected chi connectivity index (χ4v) is 7.97. The minimum absolute atomic E-state index is 0.00942. The molecule has 3 amide bonds. The van der Waals surface area contributed by atoms with Crippen LogP contribution in [0, 0.1) is 29.5 Å². The number of amides is 3. The molecule has 4 fully saturated rings. The number of carbonyl (C=O) groups excluding carboxylic acids is 2. The first-order valence-corrected chi connectivity index (χ1v) is 15.2. The Morgan fingerprint density at radius 2 is 1.60 bits per heavy atom. The van der Waals surface area contributed by atoms with E-state index >= 15 is 0 Å². The Hall–Kier alpha value is -3.68. The highest BCUT2D eigenvalue weighted by Gasteiger charge is 2.52. The van der Waals surface area contributed by atoms with Gasteiger partial charge in [0.2, 0.25) is 5.91 Å². The van der Waals surface area contributed by atoms with Gasteiger partial charge in [0.15, 0.2) is 5.43 Å². The summed E-state index contributed by atoms with van der Waals surface area (Å²) >= 11 is 0. The lowest BCUT2D eigenvalue weighted by Crippen LogP contribution is -2.62. The van der Waals surface area contributed by atoms with E-state index in [1.165, 1.54) is 37.7 Å². The molecule has 1 N–H and O–H groups in total. The van der Waals surface area contributed by atoms with E-state index in [4.69, 9.17) is 4.42 Å². The van der Waals surface area contributed by atoms with Crippen LogP contribution in [0.1, 0.15) is 63.5 Å². The molecular formula is C34H40FN3O4. The van der Waals surface area contributed by atoms with Crippen LogP contribution in [0.15, 0.2) is 64.0 Å². The van der Waals surface area contributed by atoms with Gasteiger partial charge >= 0.3 is 6.03 Å².